The van der Waals surface area contributed by atoms with E-state index in [9.17, 15) is 10.2 Å². The van der Waals surface area contributed by atoms with Gasteiger partial charge >= 0.3 is 0 Å². The van der Waals surface area contributed by atoms with Gasteiger partial charge in [-0.05, 0) is 32.4 Å². The van der Waals surface area contributed by atoms with Crippen molar-refractivity contribution in [3.05, 3.63) is 29.3 Å². The van der Waals surface area contributed by atoms with Gasteiger partial charge in [0.2, 0.25) is 0 Å². The molecule has 0 amide bonds. The second-order valence-corrected chi connectivity index (χ2v) is 4.62. The third kappa shape index (κ3) is 3.73. The van der Waals surface area contributed by atoms with Gasteiger partial charge in [0.25, 0.3) is 0 Å². The smallest absolute Gasteiger partial charge is 0.0992 e. The van der Waals surface area contributed by atoms with E-state index in [1.54, 1.807) is 32.0 Å². The Labute approximate surface area is 108 Å². The zero-order valence-corrected chi connectivity index (χ0v) is 11.1. The van der Waals surface area contributed by atoms with Crippen LogP contribution in [0.2, 0.25) is 0 Å². The first kappa shape index (κ1) is 14.5. The predicted octanol–water partition coefficient (Wildman–Crippen LogP) is 1.82. The average Bonchev–Trinajstić information content (AvgIpc) is 2.34. The van der Waals surface area contributed by atoms with Crippen LogP contribution in [0.4, 0.5) is 5.69 Å². The van der Waals surface area contributed by atoms with Crippen LogP contribution in [0.5, 0.6) is 0 Å². The summed E-state index contributed by atoms with van der Waals surface area (Å²) in [5.74, 6) is 0. The van der Waals surface area contributed by atoms with E-state index in [2.05, 4.69) is 6.07 Å². The molecule has 1 aromatic carbocycles. The minimum Gasteiger partial charge on any atom is -0.393 e. The first-order valence-electron chi connectivity index (χ1n) is 6.07. The van der Waals surface area contributed by atoms with Crippen LogP contribution in [0.3, 0.4) is 0 Å². The summed E-state index contributed by atoms with van der Waals surface area (Å²) in [6, 6.07) is 7.34. The molecule has 0 saturated heterocycles. The molecule has 4 nitrogen and oxygen atoms in total. The lowest BCUT2D eigenvalue weighted by Gasteiger charge is -2.24. The van der Waals surface area contributed by atoms with Crippen LogP contribution in [0, 0.1) is 11.3 Å². The van der Waals surface area contributed by atoms with Crippen molar-refractivity contribution >= 4 is 5.69 Å². The van der Waals surface area contributed by atoms with Gasteiger partial charge in [-0.15, -0.1) is 0 Å². The van der Waals surface area contributed by atoms with Gasteiger partial charge < -0.3 is 15.1 Å². The minimum atomic E-state index is -0.582. The lowest BCUT2D eigenvalue weighted by atomic mass is 10.0. The van der Waals surface area contributed by atoms with E-state index in [0.29, 0.717) is 18.5 Å². The van der Waals surface area contributed by atoms with Crippen molar-refractivity contribution in [3.8, 4) is 6.07 Å². The number of rotatable bonds is 5. The van der Waals surface area contributed by atoms with Crippen LogP contribution in [0.15, 0.2) is 18.2 Å². The lowest BCUT2D eigenvalue weighted by Crippen LogP contribution is -2.23. The van der Waals surface area contributed by atoms with Crippen LogP contribution in [-0.4, -0.2) is 29.9 Å². The van der Waals surface area contributed by atoms with Gasteiger partial charge in [0, 0.05) is 24.8 Å². The molecule has 18 heavy (non-hydrogen) atoms. The molecule has 4 heteroatoms. The Balaban J connectivity index is 3.00. The first-order chi connectivity index (χ1) is 8.45. The summed E-state index contributed by atoms with van der Waals surface area (Å²) in [5.41, 5.74) is 2.20. The number of hydrogen-bond acceptors (Lipinski definition) is 4. The first-order valence-corrected chi connectivity index (χ1v) is 6.07. The highest BCUT2D eigenvalue weighted by Crippen LogP contribution is 2.27. The summed E-state index contributed by atoms with van der Waals surface area (Å²) in [6.45, 7) is 4.12. The molecule has 2 atom stereocenters. The van der Waals surface area contributed by atoms with Gasteiger partial charge in [-0.1, -0.05) is 6.07 Å². The van der Waals surface area contributed by atoms with E-state index < -0.39 is 6.10 Å². The predicted molar refractivity (Wildman–Crippen MR) is 71.4 cm³/mol. The Morgan fingerprint density at radius 1 is 1.33 bits per heavy atom. The Hall–Kier alpha value is -1.57. The molecule has 0 radical (unpaired) electrons. The Kier molecular flexibility index (Phi) is 5.14. The Morgan fingerprint density at radius 2 is 2.00 bits per heavy atom. The van der Waals surface area contributed by atoms with Crippen molar-refractivity contribution < 1.29 is 10.2 Å². The van der Waals surface area contributed by atoms with Crippen LogP contribution < -0.4 is 4.90 Å². The molecule has 1 aromatic rings. The van der Waals surface area contributed by atoms with Gasteiger partial charge in [0.15, 0.2) is 0 Å². The van der Waals surface area contributed by atoms with Crippen LogP contribution in [0.25, 0.3) is 0 Å². The van der Waals surface area contributed by atoms with Crippen molar-refractivity contribution in [3.63, 3.8) is 0 Å². The SMILES string of the molecule is CC(O)CCN(C)c1cc(C#N)ccc1C(C)O. The third-order valence-corrected chi connectivity index (χ3v) is 2.90. The number of nitriles is 1. The highest BCUT2D eigenvalue weighted by atomic mass is 16.3. The van der Waals surface area contributed by atoms with Crippen LogP contribution in [-0.2, 0) is 0 Å². The summed E-state index contributed by atoms with van der Waals surface area (Å²) in [4.78, 5) is 1.95. The zero-order chi connectivity index (χ0) is 13.7. The summed E-state index contributed by atoms with van der Waals surface area (Å²) in [6.07, 6.45) is -0.296. The van der Waals surface area contributed by atoms with Crippen molar-refractivity contribution in [2.45, 2.75) is 32.5 Å². The molecule has 0 aliphatic carbocycles. The molecule has 1 rings (SSSR count). The maximum Gasteiger partial charge on any atom is 0.0992 e. The topological polar surface area (TPSA) is 67.5 Å². The fourth-order valence-electron chi connectivity index (χ4n) is 1.80. The minimum absolute atomic E-state index is 0.360. The van der Waals surface area contributed by atoms with Gasteiger partial charge in [-0.25, -0.2) is 0 Å². The van der Waals surface area contributed by atoms with Crippen molar-refractivity contribution in [2.24, 2.45) is 0 Å². The quantitative estimate of drug-likeness (QED) is 0.834. The van der Waals surface area contributed by atoms with Gasteiger partial charge in [0.1, 0.15) is 0 Å². The molecule has 0 fully saturated rings. The van der Waals surface area contributed by atoms with Crippen LogP contribution in [0.1, 0.15) is 37.5 Å². The Morgan fingerprint density at radius 3 is 2.50 bits per heavy atom. The zero-order valence-electron chi connectivity index (χ0n) is 11.1. The summed E-state index contributed by atoms with van der Waals surface area (Å²) in [5, 5.41) is 28.0. The molecular weight excluding hydrogens is 228 g/mol. The fraction of sp³-hybridized carbons (Fsp3) is 0.500. The molecular formula is C14H20N2O2. The van der Waals surface area contributed by atoms with E-state index in [-0.39, 0.29) is 6.10 Å². The van der Waals surface area contributed by atoms with E-state index in [4.69, 9.17) is 5.26 Å². The highest BCUT2D eigenvalue weighted by Gasteiger charge is 2.13. The van der Waals surface area contributed by atoms with Crippen molar-refractivity contribution in [1.29, 1.82) is 5.26 Å². The number of aliphatic hydroxyl groups excluding tert-OH is 2. The highest BCUT2D eigenvalue weighted by molar-refractivity contribution is 5.58. The number of hydrogen-bond donors (Lipinski definition) is 2. The molecule has 0 aliphatic rings. The van der Waals surface area contributed by atoms with Gasteiger partial charge in [0.05, 0.1) is 23.8 Å². The van der Waals surface area contributed by atoms with Crippen LogP contribution >= 0.6 is 0 Å². The lowest BCUT2D eigenvalue weighted by molar-refractivity contribution is 0.186. The average molecular weight is 248 g/mol. The summed E-state index contributed by atoms with van der Waals surface area (Å²) < 4.78 is 0. The summed E-state index contributed by atoms with van der Waals surface area (Å²) >= 11 is 0. The van der Waals surface area contributed by atoms with Gasteiger partial charge in [-0.2, -0.15) is 5.26 Å². The monoisotopic (exact) mass is 248 g/mol. The van der Waals surface area contributed by atoms with Crippen molar-refractivity contribution in [2.75, 3.05) is 18.5 Å². The second kappa shape index (κ2) is 6.39. The normalized spacial score (nSPS) is 13.8. The van der Waals surface area contributed by atoms with E-state index in [0.717, 1.165) is 11.3 Å². The fourth-order valence-corrected chi connectivity index (χ4v) is 1.80. The molecule has 2 N–H and O–H groups in total. The van der Waals surface area contributed by atoms with Gasteiger partial charge in [-0.3, -0.25) is 0 Å². The molecule has 0 aromatic heterocycles. The number of aliphatic hydroxyl groups is 2. The third-order valence-electron chi connectivity index (χ3n) is 2.90. The number of anilines is 1. The molecule has 0 saturated carbocycles. The molecule has 0 spiro atoms. The maximum atomic E-state index is 9.74. The molecule has 2 unspecified atom stereocenters. The molecule has 98 valence electrons. The van der Waals surface area contributed by atoms with E-state index in [1.807, 2.05) is 11.9 Å². The largest absolute Gasteiger partial charge is 0.393 e. The Bertz CT molecular complexity index is 436. The standard InChI is InChI=1S/C14H20N2O2/c1-10(17)6-7-16(3)14-8-12(9-15)4-5-13(14)11(2)18/h4-5,8,10-11,17-18H,6-7H2,1-3H3. The summed E-state index contributed by atoms with van der Waals surface area (Å²) in [7, 11) is 1.89. The maximum absolute atomic E-state index is 9.74. The number of nitrogens with zero attached hydrogens (tertiary/aromatic N) is 2. The molecule has 0 bridgehead atoms. The van der Waals surface area contributed by atoms with E-state index in [1.165, 1.54) is 0 Å². The van der Waals surface area contributed by atoms with Crippen molar-refractivity contribution in [1.82, 2.24) is 0 Å². The van der Waals surface area contributed by atoms with E-state index >= 15 is 0 Å². The molecule has 0 heterocycles. The molecule has 0 aliphatic heterocycles. The number of benzene rings is 1. The second-order valence-electron chi connectivity index (χ2n) is 4.62.